The monoisotopic (exact) mass is 590 g/mol. The third-order valence-corrected chi connectivity index (χ3v) is 8.38. The summed E-state index contributed by atoms with van der Waals surface area (Å²) in [5, 5.41) is 2.35. The lowest BCUT2D eigenvalue weighted by Crippen LogP contribution is -2.39. The number of hydrogen-bond donors (Lipinski definition) is 0. The van der Waals surface area contributed by atoms with E-state index >= 15 is 0 Å². The molecule has 43 heavy (non-hydrogen) atoms. The Balaban J connectivity index is 1.31. The molecule has 0 spiro atoms. The van der Waals surface area contributed by atoms with E-state index in [1.165, 1.54) is 22.1 Å². The number of benzene rings is 4. The van der Waals surface area contributed by atoms with Crippen LogP contribution in [0.4, 0.5) is 0 Å². The molecule has 0 aliphatic carbocycles. The molecule has 216 valence electrons. The number of carbonyl (C=O) groups excluding carboxylic acids is 1. The van der Waals surface area contributed by atoms with Crippen LogP contribution in [0.3, 0.4) is 0 Å². The first-order chi connectivity index (χ1) is 21.0. The van der Waals surface area contributed by atoms with Gasteiger partial charge in [-0.3, -0.25) is 9.36 Å². The summed E-state index contributed by atoms with van der Waals surface area (Å²) in [6.07, 6.45) is 1.84. The molecule has 1 aliphatic rings. The minimum absolute atomic E-state index is 0.219. The van der Waals surface area contributed by atoms with Gasteiger partial charge < -0.3 is 14.2 Å². The summed E-state index contributed by atoms with van der Waals surface area (Å²) in [5.41, 5.74) is 3.38. The molecule has 1 unspecified atom stereocenters. The minimum atomic E-state index is -0.673. The Hall–Kier alpha value is -4.95. The first kappa shape index (κ1) is 28.2. The van der Waals surface area contributed by atoms with Crippen molar-refractivity contribution in [3.8, 4) is 11.5 Å². The SMILES string of the molecule is CCOC(=O)C1=C(C)N=c2sc(=Cc3ccc(OCc4cccc5ccccc45)cc3)c(=O)n2C1c1ccc(OC)cc1. The third-order valence-electron chi connectivity index (χ3n) is 7.40. The lowest BCUT2D eigenvalue weighted by atomic mass is 9.96. The van der Waals surface area contributed by atoms with Crippen molar-refractivity contribution in [1.29, 1.82) is 0 Å². The Morgan fingerprint density at radius 3 is 2.42 bits per heavy atom. The van der Waals surface area contributed by atoms with Crippen LogP contribution in [0.25, 0.3) is 16.8 Å². The highest BCUT2D eigenvalue weighted by atomic mass is 32.1. The molecule has 0 radical (unpaired) electrons. The van der Waals surface area contributed by atoms with Crippen LogP contribution >= 0.6 is 11.3 Å². The van der Waals surface area contributed by atoms with Gasteiger partial charge >= 0.3 is 5.97 Å². The molecule has 0 saturated heterocycles. The van der Waals surface area contributed by atoms with Gasteiger partial charge in [-0.05, 0) is 71.7 Å². The van der Waals surface area contributed by atoms with Crippen LogP contribution in [0, 0.1) is 0 Å². The van der Waals surface area contributed by atoms with Crippen LogP contribution in [-0.4, -0.2) is 24.3 Å². The average Bonchev–Trinajstić information content (AvgIpc) is 3.33. The lowest BCUT2D eigenvalue weighted by molar-refractivity contribution is -0.139. The van der Waals surface area contributed by atoms with Crippen LogP contribution in [0.5, 0.6) is 11.5 Å². The van der Waals surface area contributed by atoms with Crippen molar-refractivity contribution in [3.05, 3.63) is 139 Å². The predicted octanol–water partition coefficient (Wildman–Crippen LogP) is 5.54. The molecule has 7 nitrogen and oxygen atoms in total. The van der Waals surface area contributed by atoms with Crippen molar-refractivity contribution in [2.24, 2.45) is 4.99 Å². The highest BCUT2D eigenvalue weighted by Crippen LogP contribution is 2.31. The molecule has 8 heteroatoms. The second kappa shape index (κ2) is 12.1. The molecule has 1 aliphatic heterocycles. The maximum absolute atomic E-state index is 13.8. The molecule has 0 saturated carbocycles. The van der Waals surface area contributed by atoms with Gasteiger partial charge in [-0.15, -0.1) is 0 Å². The maximum Gasteiger partial charge on any atom is 0.338 e. The number of fused-ring (bicyclic) bond motifs is 2. The van der Waals surface area contributed by atoms with Crippen LogP contribution in [0.15, 0.2) is 112 Å². The first-order valence-corrected chi connectivity index (χ1v) is 14.8. The zero-order valence-corrected chi connectivity index (χ0v) is 24.9. The number of thiazole rings is 1. The number of rotatable bonds is 8. The molecule has 5 aromatic rings. The van der Waals surface area contributed by atoms with Crippen molar-refractivity contribution >= 4 is 34.2 Å². The molecule has 6 rings (SSSR count). The Morgan fingerprint density at radius 2 is 1.67 bits per heavy atom. The summed E-state index contributed by atoms with van der Waals surface area (Å²) in [6.45, 7) is 4.20. The Kier molecular flexibility index (Phi) is 7.94. The molecule has 1 atom stereocenters. The van der Waals surface area contributed by atoms with E-state index in [0.717, 1.165) is 22.4 Å². The van der Waals surface area contributed by atoms with E-state index in [9.17, 15) is 9.59 Å². The fourth-order valence-electron chi connectivity index (χ4n) is 5.28. The molecular weight excluding hydrogens is 560 g/mol. The second-order valence-corrected chi connectivity index (χ2v) is 11.1. The molecule has 4 aromatic carbocycles. The average molecular weight is 591 g/mol. The first-order valence-electron chi connectivity index (χ1n) is 14.0. The third kappa shape index (κ3) is 5.61. The van der Waals surface area contributed by atoms with E-state index in [1.54, 1.807) is 25.5 Å². The van der Waals surface area contributed by atoms with Crippen LogP contribution in [0.1, 0.15) is 36.6 Å². The topological polar surface area (TPSA) is 79.1 Å². The lowest BCUT2D eigenvalue weighted by Gasteiger charge is -2.24. The van der Waals surface area contributed by atoms with Crippen molar-refractivity contribution < 1.29 is 19.0 Å². The maximum atomic E-state index is 13.8. The summed E-state index contributed by atoms with van der Waals surface area (Å²) in [5.74, 6) is 0.929. The number of carbonyl (C=O) groups is 1. The van der Waals surface area contributed by atoms with Gasteiger partial charge in [0.05, 0.1) is 35.6 Å². The summed E-state index contributed by atoms with van der Waals surface area (Å²) in [4.78, 5) is 32.1. The number of nitrogens with zero attached hydrogens (tertiary/aromatic N) is 2. The fourth-order valence-corrected chi connectivity index (χ4v) is 6.33. The normalized spacial score (nSPS) is 14.8. The summed E-state index contributed by atoms with van der Waals surface area (Å²) < 4.78 is 18.9. The number of ether oxygens (including phenoxy) is 3. The fraction of sp³-hybridized carbons (Fsp3) is 0.171. The minimum Gasteiger partial charge on any atom is -0.497 e. The van der Waals surface area contributed by atoms with E-state index in [-0.39, 0.29) is 12.2 Å². The molecule has 2 heterocycles. The molecule has 0 N–H and O–H groups in total. The summed E-state index contributed by atoms with van der Waals surface area (Å²) >= 11 is 1.29. The van der Waals surface area contributed by atoms with E-state index < -0.39 is 12.0 Å². The van der Waals surface area contributed by atoms with Crippen molar-refractivity contribution in [2.45, 2.75) is 26.5 Å². The van der Waals surface area contributed by atoms with Gasteiger partial charge in [0.15, 0.2) is 4.80 Å². The zero-order valence-electron chi connectivity index (χ0n) is 24.1. The second-order valence-electron chi connectivity index (χ2n) is 10.1. The number of esters is 1. The Morgan fingerprint density at radius 1 is 0.953 bits per heavy atom. The number of aromatic nitrogens is 1. The van der Waals surface area contributed by atoms with Gasteiger partial charge in [-0.2, -0.15) is 0 Å². The molecular formula is C35H30N2O5S. The van der Waals surface area contributed by atoms with Crippen LogP contribution in [0.2, 0.25) is 0 Å². The molecule has 0 bridgehead atoms. The number of methoxy groups -OCH3 is 1. The van der Waals surface area contributed by atoms with Crippen LogP contribution < -0.4 is 24.4 Å². The van der Waals surface area contributed by atoms with Gasteiger partial charge in [0.1, 0.15) is 18.1 Å². The van der Waals surface area contributed by atoms with E-state index in [4.69, 9.17) is 14.2 Å². The van der Waals surface area contributed by atoms with Crippen molar-refractivity contribution in [2.75, 3.05) is 13.7 Å². The van der Waals surface area contributed by atoms with E-state index in [1.807, 2.05) is 72.8 Å². The van der Waals surface area contributed by atoms with Gasteiger partial charge in [-0.25, -0.2) is 9.79 Å². The molecule has 1 aromatic heterocycles. The standard InChI is InChI=1S/C35H30N2O5S/c1-4-41-34(39)31-22(2)36-35-37(32(31)25-14-18-27(40-3)19-15-25)33(38)30(43-35)20-23-12-16-28(17-13-23)42-21-26-10-7-9-24-8-5-6-11-29(24)26/h5-20,32H,4,21H2,1-3H3. The Labute approximate surface area is 252 Å². The van der Waals surface area contributed by atoms with Crippen molar-refractivity contribution in [3.63, 3.8) is 0 Å². The predicted molar refractivity (Wildman–Crippen MR) is 168 cm³/mol. The molecule has 0 amide bonds. The van der Waals surface area contributed by atoms with E-state index in [0.29, 0.717) is 33.0 Å². The van der Waals surface area contributed by atoms with E-state index in [2.05, 4.69) is 29.3 Å². The Bertz CT molecular complexity index is 2020. The van der Waals surface area contributed by atoms with Gasteiger partial charge in [0.25, 0.3) is 5.56 Å². The van der Waals surface area contributed by atoms with Crippen LogP contribution in [-0.2, 0) is 16.1 Å². The number of hydrogen-bond acceptors (Lipinski definition) is 7. The largest absolute Gasteiger partial charge is 0.497 e. The smallest absolute Gasteiger partial charge is 0.338 e. The van der Waals surface area contributed by atoms with Gasteiger partial charge in [0, 0.05) is 0 Å². The number of allylic oxidation sites excluding steroid dienone is 1. The quantitative estimate of drug-likeness (QED) is 0.222. The van der Waals surface area contributed by atoms with Gasteiger partial charge in [-0.1, -0.05) is 78.1 Å². The zero-order chi connectivity index (χ0) is 29.9. The molecule has 0 fully saturated rings. The van der Waals surface area contributed by atoms with Crippen molar-refractivity contribution in [1.82, 2.24) is 4.57 Å². The summed E-state index contributed by atoms with van der Waals surface area (Å²) in [7, 11) is 1.59. The summed E-state index contributed by atoms with van der Waals surface area (Å²) in [6, 6.07) is 28.8. The van der Waals surface area contributed by atoms with Gasteiger partial charge in [0.2, 0.25) is 0 Å². The highest BCUT2D eigenvalue weighted by molar-refractivity contribution is 7.07. The highest BCUT2D eigenvalue weighted by Gasteiger charge is 2.33.